The van der Waals surface area contributed by atoms with E-state index in [1.54, 1.807) is 23.7 Å². The van der Waals surface area contributed by atoms with Gasteiger partial charge in [-0.15, -0.1) is 21.6 Å². The van der Waals surface area contributed by atoms with Gasteiger partial charge in [0, 0.05) is 36.8 Å². The van der Waals surface area contributed by atoms with Crippen molar-refractivity contribution in [2.24, 2.45) is 10.2 Å². The summed E-state index contributed by atoms with van der Waals surface area (Å²) < 4.78 is -0.750. The molecule has 1 heterocycles. The van der Waals surface area contributed by atoms with Gasteiger partial charge in [0.05, 0.1) is 5.69 Å². The number of aromatic nitrogens is 1. The number of anilines is 1. The van der Waals surface area contributed by atoms with Crippen LogP contribution >= 0.6 is 46.1 Å². The number of halogens is 3. The van der Waals surface area contributed by atoms with Gasteiger partial charge in [-0.25, -0.2) is 4.98 Å². The third-order valence-corrected chi connectivity index (χ3v) is 3.12. The normalized spacial score (nSPS) is 10.6. The molecule has 23 heavy (non-hydrogen) atoms. The molecule has 0 unspecified atom stereocenters. The van der Waals surface area contributed by atoms with Gasteiger partial charge in [0.2, 0.25) is 5.13 Å². The summed E-state index contributed by atoms with van der Waals surface area (Å²) in [6.45, 7) is 0. The zero-order valence-electron chi connectivity index (χ0n) is 12.3. The second-order valence-corrected chi connectivity index (χ2v) is 7.13. The summed E-state index contributed by atoms with van der Waals surface area (Å²) in [4.78, 5) is 5.85. The van der Waals surface area contributed by atoms with Crippen molar-refractivity contribution < 1.29 is 10.0 Å². The average Bonchev–Trinajstić information content (AvgIpc) is 2.97. The van der Waals surface area contributed by atoms with Gasteiger partial charge < -0.3 is 14.9 Å². The predicted molar refractivity (Wildman–Crippen MR) is 98.2 cm³/mol. The minimum atomic E-state index is -1.59. The van der Waals surface area contributed by atoms with Gasteiger partial charge in [0.25, 0.3) is 0 Å². The van der Waals surface area contributed by atoms with Crippen LogP contribution in [0.25, 0.3) is 0 Å². The molecule has 2 aromatic rings. The van der Waals surface area contributed by atoms with E-state index in [1.165, 1.54) is 11.3 Å². The number of rotatable bonds is 4. The first-order valence-electron chi connectivity index (χ1n) is 6.22. The topological polar surface area (TPSA) is 81.3 Å². The molecule has 2 N–H and O–H groups in total. The fourth-order valence-corrected chi connectivity index (χ4v) is 1.93. The van der Waals surface area contributed by atoms with Gasteiger partial charge in [0.1, 0.15) is 0 Å². The number of hydrogen-bond donors (Lipinski definition) is 2. The van der Waals surface area contributed by atoms with Crippen molar-refractivity contribution >= 4 is 75.2 Å². The summed E-state index contributed by atoms with van der Waals surface area (Å²) >= 11 is 15.8. The van der Waals surface area contributed by atoms with Crippen molar-refractivity contribution in [1.29, 1.82) is 0 Å². The average molecular weight is 396 g/mol. The highest BCUT2D eigenvalue weighted by Crippen LogP contribution is 2.21. The Hall–Kier alpha value is -0.895. The second kappa shape index (κ2) is 10.1. The number of hydrogen-bond acceptors (Lipinski definition) is 7. The Balaban J connectivity index is 0.000000593. The molecule has 0 radical (unpaired) electrons. The predicted octanol–water partition coefficient (Wildman–Crippen LogP) is 3.29. The molecule has 0 fully saturated rings. The standard InChI is InChI=1S/C11H13BN4O2S.CHCl3/c1-16(2)8-3-4-10(9(7-8)12(17)18)14-15-11-13-5-6-19-11;2-1(3)4/h3-7,17-18H,1-2H3;1H. The maximum atomic E-state index is 9.39. The molecule has 2 rings (SSSR count). The Morgan fingerprint density at radius 2 is 1.87 bits per heavy atom. The van der Waals surface area contributed by atoms with Crippen LogP contribution in [0.3, 0.4) is 0 Å². The number of alkyl halides is 3. The van der Waals surface area contributed by atoms with Crippen molar-refractivity contribution in [3.63, 3.8) is 0 Å². The summed E-state index contributed by atoms with van der Waals surface area (Å²) in [6.07, 6.45) is 1.63. The Morgan fingerprint density at radius 3 is 2.35 bits per heavy atom. The second-order valence-electron chi connectivity index (χ2n) is 4.27. The monoisotopic (exact) mass is 394 g/mol. The smallest absolute Gasteiger partial charge is 0.423 e. The number of nitrogens with zero attached hydrogens (tertiary/aromatic N) is 4. The third kappa shape index (κ3) is 7.47. The van der Waals surface area contributed by atoms with Crippen LogP contribution in [0.15, 0.2) is 40.0 Å². The summed E-state index contributed by atoms with van der Waals surface area (Å²) in [6, 6.07) is 5.20. The fraction of sp³-hybridized carbons (Fsp3) is 0.250. The molecule has 0 amide bonds. The van der Waals surface area contributed by atoms with Crippen molar-refractivity contribution in [3.8, 4) is 0 Å². The van der Waals surface area contributed by atoms with Crippen LogP contribution < -0.4 is 10.4 Å². The Kier molecular flexibility index (Phi) is 8.82. The van der Waals surface area contributed by atoms with E-state index >= 15 is 0 Å². The summed E-state index contributed by atoms with van der Waals surface area (Å²) in [5, 5.41) is 29.1. The van der Waals surface area contributed by atoms with Crippen molar-refractivity contribution in [1.82, 2.24) is 4.98 Å². The molecule has 6 nitrogen and oxygen atoms in total. The lowest BCUT2D eigenvalue weighted by atomic mass is 9.79. The summed E-state index contributed by atoms with van der Waals surface area (Å²) in [5.74, 6) is 0. The van der Waals surface area contributed by atoms with Crippen LogP contribution in [0.2, 0.25) is 0 Å². The molecule has 0 bridgehead atoms. The molecule has 0 atom stereocenters. The van der Waals surface area contributed by atoms with Gasteiger partial charge >= 0.3 is 7.12 Å². The summed E-state index contributed by atoms with van der Waals surface area (Å²) in [7, 11) is 2.16. The van der Waals surface area contributed by atoms with Crippen LogP contribution in [0.1, 0.15) is 0 Å². The SMILES string of the molecule is CN(C)c1ccc(N=Nc2nccs2)c(B(O)O)c1.ClC(Cl)Cl. The van der Waals surface area contributed by atoms with E-state index in [1.807, 2.05) is 25.1 Å². The molecule has 0 aliphatic carbocycles. The molecule has 1 aromatic heterocycles. The van der Waals surface area contributed by atoms with Gasteiger partial charge in [-0.1, -0.05) is 34.8 Å². The molecule has 0 saturated heterocycles. The highest BCUT2D eigenvalue weighted by atomic mass is 35.6. The minimum Gasteiger partial charge on any atom is -0.423 e. The Morgan fingerprint density at radius 1 is 1.22 bits per heavy atom. The van der Waals surface area contributed by atoms with Gasteiger partial charge in [0.15, 0.2) is 4.30 Å². The highest BCUT2D eigenvalue weighted by Gasteiger charge is 2.17. The quantitative estimate of drug-likeness (QED) is 0.473. The molecule has 0 aliphatic heterocycles. The van der Waals surface area contributed by atoms with Crippen LogP contribution in [0.4, 0.5) is 16.5 Å². The first-order valence-corrected chi connectivity index (χ1v) is 8.41. The van der Waals surface area contributed by atoms with Gasteiger partial charge in [-0.05, 0) is 18.2 Å². The van der Waals surface area contributed by atoms with Crippen LogP contribution in [-0.2, 0) is 0 Å². The molecule has 0 spiro atoms. The van der Waals surface area contributed by atoms with Crippen LogP contribution in [0, 0.1) is 0 Å². The van der Waals surface area contributed by atoms with E-state index in [0.717, 1.165) is 5.69 Å². The maximum absolute atomic E-state index is 9.39. The first-order chi connectivity index (χ1) is 10.8. The van der Waals surface area contributed by atoms with Gasteiger partial charge in [-0.3, -0.25) is 0 Å². The van der Waals surface area contributed by atoms with E-state index in [4.69, 9.17) is 34.8 Å². The molecule has 11 heteroatoms. The minimum absolute atomic E-state index is 0.312. The Bertz CT molecular complexity index is 624. The van der Waals surface area contributed by atoms with Crippen molar-refractivity contribution in [2.45, 2.75) is 4.30 Å². The lowest BCUT2D eigenvalue weighted by Crippen LogP contribution is -2.30. The first kappa shape index (κ1) is 20.2. The maximum Gasteiger partial charge on any atom is 0.490 e. The lowest BCUT2D eigenvalue weighted by molar-refractivity contribution is 0.426. The molecule has 0 saturated carbocycles. The van der Waals surface area contributed by atoms with Crippen molar-refractivity contribution in [3.05, 3.63) is 29.8 Å². The van der Waals surface area contributed by atoms with Crippen LogP contribution in [-0.4, -0.2) is 40.5 Å². The zero-order valence-corrected chi connectivity index (χ0v) is 15.4. The number of thiazole rings is 1. The van der Waals surface area contributed by atoms with E-state index in [-0.39, 0.29) is 0 Å². The molecular weight excluding hydrogens is 381 g/mol. The fourth-order valence-electron chi connectivity index (χ4n) is 1.48. The largest absolute Gasteiger partial charge is 0.490 e. The molecule has 124 valence electrons. The van der Waals surface area contributed by atoms with E-state index in [2.05, 4.69) is 15.2 Å². The van der Waals surface area contributed by atoms with Crippen molar-refractivity contribution in [2.75, 3.05) is 19.0 Å². The lowest BCUT2D eigenvalue weighted by Gasteiger charge is -2.14. The highest BCUT2D eigenvalue weighted by molar-refractivity contribution is 7.13. The number of azo groups is 1. The molecular formula is C12H14BCl3N4O2S. The van der Waals surface area contributed by atoms with E-state index in [9.17, 15) is 10.0 Å². The third-order valence-electron chi connectivity index (χ3n) is 2.47. The zero-order chi connectivity index (χ0) is 17.4. The van der Waals surface area contributed by atoms with E-state index < -0.39 is 11.4 Å². The Labute approximate surface area is 153 Å². The summed E-state index contributed by atoms with van der Waals surface area (Å²) in [5.41, 5.74) is 1.58. The van der Waals surface area contributed by atoms with Gasteiger partial charge in [-0.2, -0.15) is 0 Å². The molecule has 1 aromatic carbocycles. The number of benzene rings is 1. The van der Waals surface area contributed by atoms with E-state index in [0.29, 0.717) is 16.3 Å². The molecule has 0 aliphatic rings. The van der Waals surface area contributed by atoms with Crippen LogP contribution in [0.5, 0.6) is 0 Å².